The van der Waals surface area contributed by atoms with Crippen molar-refractivity contribution in [1.82, 2.24) is 0 Å². The molecule has 0 spiro atoms. The maximum atomic E-state index is 10.8. The molecule has 11 heavy (non-hydrogen) atoms. The van der Waals surface area contributed by atoms with Crippen LogP contribution in [0.3, 0.4) is 0 Å². The number of carboxylic acid groups (broad SMARTS) is 1. The van der Waals surface area contributed by atoms with E-state index in [9.17, 15) is 4.79 Å². The summed E-state index contributed by atoms with van der Waals surface area (Å²) in [6.45, 7) is 0. The molecule has 1 saturated carbocycles. The van der Waals surface area contributed by atoms with Crippen LogP contribution in [-0.2, 0) is 4.79 Å². The van der Waals surface area contributed by atoms with Gasteiger partial charge in [0, 0.05) is 0 Å². The van der Waals surface area contributed by atoms with E-state index in [4.69, 9.17) is 5.11 Å². The van der Waals surface area contributed by atoms with E-state index < -0.39 is 10.3 Å². The number of hydrogen-bond donors (Lipinski definition) is 1. The third-order valence-corrected chi connectivity index (χ3v) is 3.41. The fraction of sp³-hybridized carbons (Fsp3) is 0.875. The first-order valence-corrected chi connectivity index (χ1v) is 4.87. The Labute approximate surface area is 75.1 Å². The van der Waals surface area contributed by atoms with Gasteiger partial charge in [0.1, 0.15) is 4.32 Å². The zero-order chi connectivity index (χ0) is 8.32. The van der Waals surface area contributed by atoms with Crippen LogP contribution in [-0.4, -0.2) is 15.4 Å². The fourth-order valence-electron chi connectivity index (χ4n) is 1.50. The fourth-order valence-corrected chi connectivity index (χ4v) is 2.06. The molecule has 0 aromatic carbocycles. The molecule has 0 aliphatic heterocycles. The van der Waals surface area contributed by atoms with Crippen molar-refractivity contribution < 1.29 is 9.90 Å². The lowest BCUT2D eigenvalue weighted by Gasteiger charge is -2.19. The lowest BCUT2D eigenvalue weighted by molar-refractivity contribution is -0.140. The van der Waals surface area contributed by atoms with Gasteiger partial charge in [0.25, 0.3) is 0 Å². The minimum Gasteiger partial charge on any atom is -0.480 e. The van der Waals surface area contributed by atoms with Gasteiger partial charge in [-0.15, -0.1) is 0 Å². The first kappa shape index (κ1) is 9.04. The van der Waals surface area contributed by atoms with Gasteiger partial charge in [0.15, 0.2) is 0 Å². The molecule has 1 aliphatic rings. The molecule has 0 heterocycles. The van der Waals surface area contributed by atoms with Gasteiger partial charge in [-0.2, -0.15) is 0 Å². The second-order valence-corrected chi connectivity index (χ2v) is 4.70. The predicted octanol–water partition coefficient (Wildman–Crippen LogP) is 2.56. The summed E-state index contributed by atoms with van der Waals surface area (Å²) in [7, 11) is 0. The molecule has 0 aromatic heterocycles. The van der Waals surface area contributed by atoms with E-state index in [1.165, 1.54) is 12.8 Å². The highest BCUT2D eigenvalue weighted by molar-refractivity contribution is 9.10. The smallest absolute Gasteiger partial charge is 0.320 e. The van der Waals surface area contributed by atoms with E-state index in [2.05, 4.69) is 15.9 Å². The number of carbonyl (C=O) groups is 1. The number of carboxylic acids is 1. The lowest BCUT2D eigenvalue weighted by atomic mass is 10.0. The molecule has 0 atom stereocenters. The first-order chi connectivity index (χ1) is 5.15. The predicted molar refractivity (Wildman–Crippen MR) is 47.0 cm³/mol. The molecule has 0 aromatic rings. The van der Waals surface area contributed by atoms with E-state index in [1.54, 1.807) is 0 Å². The maximum absolute atomic E-state index is 10.8. The molecule has 1 N–H and O–H groups in total. The Balaban J connectivity index is 2.59. The Hall–Kier alpha value is -0.0500. The van der Waals surface area contributed by atoms with E-state index in [1.807, 2.05) is 0 Å². The van der Waals surface area contributed by atoms with Crippen molar-refractivity contribution in [2.75, 3.05) is 0 Å². The topological polar surface area (TPSA) is 37.3 Å². The standard InChI is InChI=1S/C8H13BrO2/c9-8(7(10)11)5-3-1-2-4-6-8/h1-6H2,(H,10,11). The van der Waals surface area contributed by atoms with Gasteiger partial charge >= 0.3 is 5.97 Å². The summed E-state index contributed by atoms with van der Waals surface area (Å²) >= 11 is 3.31. The largest absolute Gasteiger partial charge is 0.480 e. The SMILES string of the molecule is O=C(O)C1(Br)CCCCCC1. The van der Waals surface area contributed by atoms with Crippen molar-refractivity contribution in [3.8, 4) is 0 Å². The van der Waals surface area contributed by atoms with Crippen LogP contribution in [0.1, 0.15) is 38.5 Å². The van der Waals surface area contributed by atoms with Crippen LogP contribution in [0.2, 0.25) is 0 Å². The molecule has 3 heteroatoms. The summed E-state index contributed by atoms with van der Waals surface area (Å²) in [5.41, 5.74) is 0. The molecule has 1 rings (SSSR count). The van der Waals surface area contributed by atoms with Gasteiger partial charge in [-0.3, -0.25) is 4.79 Å². The summed E-state index contributed by atoms with van der Waals surface area (Å²) in [4.78, 5) is 10.8. The molecule has 0 bridgehead atoms. The summed E-state index contributed by atoms with van der Waals surface area (Å²) in [6, 6.07) is 0. The highest BCUT2D eigenvalue weighted by atomic mass is 79.9. The van der Waals surface area contributed by atoms with Gasteiger partial charge < -0.3 is 5.11 Å². The third kappa shape index (κ3) is 2.19. The van der Waals surface area contributed by atoms with E-state index >= 15 is 0 Å². The van der Waals surface area contributed by atoms with Crippen molar-refractivity contribution in [3.05, 3.63) is 0 Å². The summed E-state index contributed by atoms with van der Waals surface area (Å²) in [5.74, 6) is -0.695. The number of rotatable bonds is 1. The normalized spacial score (nSPS) is 24.1. The molecule has 0 unspecified atom stereocenters. The van der Waals surface area contributed by atoms with Crippen LogP contribution in [0.15, 0.2) is 0 Å². The number of hydrogen-bond acceptors (Lipinski definition) is 1. The first-order valence-electron chi connectivity index (χ1n) is 4.07. The molecule has 0 radical (unpaired) electrons. The Morgan fingerprint density at radius 3 is 2.00 bits per heavy atom. The molecule has 64 valence electrons. The second-order valence-electron chi connectivity index (χ2n) is 3.18. The van der Waals surface area contributed by atoms with Crippen LogP contribution < -0.4 is 0 Å². The number of aliphatic carboxylic acids is 1. The Kier molecular flexibility index (Phi) is 2.93. The van der Waals surface area contributed by atoms with Crippen molar-refractivity contribution >= 4 is 21.9 Å². The van der Waals surface area contributed by atoms with Gasteiger partial charge in [0.2, 0.25) is 0 Å². The minimum atomic E-state index is -0.695. The lowest BCUT2D eigenvalue weighted by Crippen LogP contribution is -2.30. The molecular formula is C8H13BrO2. The minimum absolute atomic E-state index is 0.608. The average Bonchev–Trinajstić information content (AvgIpc) is 2.15. The van der Waals surface area contributed by atoms with Gasteiger partial charge in [-0.05, 0) is 12.8 Å². The van der Waals surface area contributed by atoms with E-state index in [0.717, 1.165) is 25.7 Å². The monoisotopic (exact) mass is 220 g/mol. The third-order valence-electron chi connectivity index (χ3n) is 2.28. The molecule has 1 fully saturated rings. The van der Waals surface area contributed by atoms with Crippen molar-refractivity contribution in [1.29, 1.82) is 0 Å². The molecule has 1 aliphatic carbocycles. The highest BCUT2D eigenvalue weighted by Gasteiger charge is 2.35. The molecule has 2 nitrogen and oxygen atoms in total. The van der Waals surface area contributed by atoms with Gasteiger partial charge in [-0.1, -0.05) is 41.6 Å². The van der Waals surface area contributed by atoms with Gasteiger partial charge in [-0.25, -0.2) is 0 Å². The van der Waals surface area contributed by atoms with Crippen LogP contribution in [0.4, 0.5) is 0 Å². The number of alkyl halides is 1. The Morgan fingerprint density at radius 2 is 1.64 bits per heavy atom. The molecule has 0 saturated heterocycles. The highest BCUT2D eigenvalue weighted by Crippen LogP contribution is 2.34. The number of halogens is 1. The Bertz CT molecular complexity index is 148. The van der Waals surface area contributed by atoms with Crippen LogP contribution in [0.5, 0.6) is 0 Å². The van der Waals surface area contributed by atoms with Gasteiger partial charge in [0.05, 0.1) is 0 Å². The van der Waals surface area contributed by atoms with Crippen molar-refractivity contribution in [3.63, 3.8) is 0 Å². The molecular weight excluding hydrogens is 208 g/mol. The second kappa shape index (κ2) is 3.57. The van der Waals surface area contributed by atoms with Crippen LogP contribution in [0.25, 0.3) is 0 Å². The summed E-state index contributed by atoms with van der Waals surface area (Å²) < 4.78 is -0.608. The Morgan fingerprint density at radius 1 is 1.18 bits per heavy atom. The summed E-state index contributed by atoms with van der Waals surface area (Å²) in [6.07, 6.45) is 6.00. The van der Waals surface area contributed by atoms with Crippen molar-refractivity contribution in [2.24, 2.45) is 0 Å². The molecule has 0 amide bonds. The summed E-state index contributed by atoms with van der Waals surface area (Å²) in [5, 5.41) is 8.88. The average molecular weight is 221 g/mol. The van der Waals surface area contributed by atoms with E-state index in [0.29, 0.717) is 0 Å². The zero-order valence-corrected chi connectivity index (χ0v) is 8.06. The quantitative estimate of drug-likeness (QED) is 0.545. The van der Waals surface area contributed by atoms with E-state index in [-0.39, 0.29) is 0 Å². The van der Waals surface area contributed by atoms with Crippen LogP contribution in [0, 0.1) is 0 Å². The zero-order valence-electron chi connectivity index (χ0n) is 6.48. The maximum Gasteiger partial charge on any atom is 0.320 e. The van der Waals surface area contributed by atoms with Crippen LogP contribution >= 0.6 is 15.9 Å². The van der Waals surface area contributed by atoms with Crippen molar-refractivity contribution in [2.45, 2.75) is 42.8 Å².